The maximum atomic E-state index is 14.2. The van der Waals surface area contributed by atoms with Crippen LogP contribution in [-0.2, 0) is 4.74 Å². The first-order chi connectivity index (χ1) is 10.0. The van der Waals surface area contributed by atoms with E-state index in [1.54, 1.807) is 13.0 Å². The normalized spacial score (nSPS) is 17.7. The summed E-state index contributed by atoms with van der Waals surface area (Å²) in [4.78, 5) is 16.9. The van der Waals surface area contributed by atoms with E-state index in [0.717, 1.165) is 17.0 Å². The van der Waals surface area contributed by atoms with Gasteiger partial charge in [-0.25, -0.2) is 4.39 Å². The number of rotatable bonds is 3. The van der Waals surface area contributed by atoms with Crippen molar-refractivity contribution in [2.45, 2.75) is 13.3 Å². The summed E-state index contributed by atoms with van der Waals surface area (Å²) >= 11 is 1.05. The highest BCUT2D eigenvalue weighted by atomic mass is 32.1. The second kappa shape index (κ2) is 4.96. The monoisotopic (exact) mass is 305 g/mol. The second-order valence-corrected chi connectivity index (χ2v) is 5.64. The Morgan fingerprint density at radius 2 is 2.29 bits per heavy atom. The first kappa shape index (κ1) is 13.8. The summed E-state index contributed by atoms with van der Waals surface area (Å²) in [5.41, 5.74) is 2.33. The standard InChI is InChI=1S/C15H12FNO3S/c1-7-3-9-11(17-7)5-10(16)15(20-2)13(9)14(19)8-4-12(18)21-6-8/h3-4,6,18H,5H2,1-2H3. The molecule has 0 saturated heterocycles. The van der Waals surface area contributed by atoms with E-state index < -0.39 is 5.83 Å². The quantitative estimate of drug-likeness (QED) is 0.869. The van der Waals surface area contributed by atoms with Gasteiger partial charge in [-0.2, -0.15) is 0 Å². The number of aliphatic imine (C=N–C) groups is 1. The average Bonchev–Trinajstić information content (AvgIpc) is 3.01. The van der Waals surface area contributed by atoms with Gasteiger partial charge < -0.3 is 9.84 Å². The lowest BCUT2D eigenvalue weighted by Crippen LogP contribution is -2.18. The van der Waals surface area contributed by atoms with Crippen LogP contribution in [0.2, 0.25) is 0 Å². The van der Waals surface area contributed by atoms with Gasteiger partial charge in [0.05, 0.1) is 18.4 Å². The van der Waals surface area contributed by atoms with Crippen molar-refractivity contribution < 1.29 is 19.0 Å². The molecule has 1 aromatic heterocycles. The highest BCUT2D eigenvalue weighted by Gasteiger charge is 2.33. The van der Waals surface area contributed by atoms with Crippen molar-refractivity contribution in [2.75, 3.05) is 7.11 Å². The van der Waals surface area contributed by atoms with E-state index in [4.69, 9.17) is 4.74 Å². The van der Waals surface area contributed by atoms with E-state index in [1.807, 2.05) is 0 Å². The van der Waals surface area contributed by atoms with Crippen LogP contribution in [0.25, 0.3) is 0 Å². The molecule has 1 aromatic rings. The van der Waals surface area contributed by atoms with E-state index in [0.29, 0.717) is 16.8 Å². The fourth-order valence-electron chi connectivity index (χ4n) is 2.46. The molecule has 2 aliphatic rings. The number of aromatic hydroxyl groups is 1. The number of thiophene rings is 1. The highest BCUT2D eigenvalue weighted by molar-refractivity contribution is 7.12. The Kier molecular flexibility index (Phi) is 3.25. The Morgan fingerprint density at radius 1 is 1.52 bits per heavy atom. The summed E-state index contributed by atoms with van der Waals surface area (Å²) in [5.74, 6) is -0.941. The molecule has 3 rings (SSSR count). The van der Waals surface area contributed by atoms with Crippen molar-refractivity contribution in [3.8, 4) is 5.06 Å². The van der Waals surface area contributed by atoms with Crippen LogP contribution in [0.1, 0.15) is 23.7 Å². The molecular formula is C15H12FNO3S. The number of nitrogens with zero attached hydrogens (tertiary/aromatic N) is 1. The molecule has 0 unspecified atom stereocenters. The molecule has 0 amide bonds. The van der Waals surface area contributed by atoms with Crippen LogP contribution in [0, 0.1) is 0 Å². The molecule has 0 fully saturated rings. The summed E-state index contributed by atoms with van der Waals surface area (Å²) in [6.07, 6.45) is 1.78. The molecule has 0 spiro atoms. The van der Waals surface area contributed by atoms with E-state index in [9.17, 15) is 14.3 Å². The van der Waals surface area contributed by atoms with Gasteiger partial charge in [0.25, 0.3) is 0 Å². The molecule has 21 heavy (non-hydrogen) atoms. The van der Waals surface area contributed by atoms with Crippen LogP contribution in [-0.4, -0.2) is 23.7 Å². The lowest BCUT2D eigenvalue weighted by Gasteiger charge is -2.19. The molecule has 1 aliphatic carbocycles. The maximum absolute atomic E-state index is 14.2. The zero-order valence-electron chi connectivity index (χ0n) is 11.4. The van der Waals surface area contributed by atoms with Gasteiger partial charge in [-0.05, 0) is 13.0 Å². The van der Waals surface area contributed by atoms with Crippen molar-refractivity contribution in [2.24, 2.45) is 4.99 Å². The number of methoxy groups -OCH3 is 1. The largest absolute Gasteiger partial charge is 0.499 e. The third kappa shape index (κ3) is 2.21. The molecule has 0 saturated carbocycles. The number of fused-ring (bicyclic) bond motifs is 1. The van der Waals surface area contributed by atoms with Crippen LogP contribution in [0.15, 0.2) is 50.9 Å². The van der Waals surface area contributed by atoms with Crippen molar-refractivity contribution in [1.82, 2.24) is 0 Å². The summed E-state index contributed by atoms with van der Waals surface area (Å²) in [6.45, 7) is 1.79. The molecular weight excluding hydrogens is 293 g/mol. The summed E-state index contributed by atoms with van der Waals surface area (Å²) in [5, 5.41) is 11.0. The lowest BCUT2D eigenvalue weighted by molar-refractivity contribution is 0.102. The number of ether oxygens (including phenoxy) is 1. The van der Waals surface area contributed by atoms with Crippen LogP contribution < -0.4 is 0 Å². The summed E-state index contributed by atoms with van der Waals surface area (Å²) < 4.78 is 19.3. The number of hydrogen-bond acceptors (Lipinski definition) is 5. The Bertz CT molecular complexity index is 768. The molecule has 108 valence electrons. The molecule has 0 aromatic carbocycles. The molecule has 2 heterocycles. The number of carbonyl (C=O) groups excluding carboxylic acids is 1. The number of halogens is 1. The predicted molar refractivity (Wildman–Crippen MR) is 78.3 cm³/mol. The van der Waals surface area contributed by atoms with Crippen LogP contribution in [0.4, 0.5) is 4.39 Å². The number of carbonyl (C=O) groups is 1. The van der Waals surface area contributed by atoms with Crippen molar-refractivity contribution in [3.63, 3.8) is 0 Å². The Morgan fingerprint density at radius 3 is 2.90 bits per heavy atom. The van der Waals surface area contributed by atoms with E-state index in [1.165, 1.54) is 18.6 Å². The Hall–Kier alpha value is -2.21. The fourth-order valence-corrected chi connectivity index (χ4v) is 3.08. The number of allylic oxidation sites excluding steroid dienone is 5. The maximum Gasteiger partial charge on any atom is 0.198 e. The lowest BCUT2D eigenvalue weighted by atomic mass is 9.89. The minimum atomic E-state index is -0.508. The number of Topliss-reactive ketones (excluding diaryl/α,β-unsaturated/α-hetero) is 1. The summed E-state index contributed by atoms with van der Waals surface area (Å²) in [7, 11) is 1.33. The zero-order valence-corrected chi connectivity index (χ0v) is 12.3. The minimum Gasteiger partial charge on any atom is -0.499 e. The van der Waals surface area contributed by atoms with E-state index in [2.05, 4.69) is 4.99 Å². The van der Waals surface area contributed by atoms with Gasteiger partial charge in [-0.15, -0.1) is 11.3 Å². The fraction of sp³-hybridized carbons (Fsp3) is 0.200. The Balaban J connectivity index is 2.17. The van der Waals surface area contributed by atoms with E-state index >= 15 is 0 Å². The Labute approximate surface area is 124 Å². The van der Waals surface area contributed by atoms with E-state index in [-0.39, 0.29) is 28.6 Å². The SMILES string of the molecule is COC1=C(F)CC2=NC(C)=CC2=C1C(=O)c1csc(O)c1. The summed E-state index contributed by atoms with van der Waals surface area (Å²) in [6, 6.07) is 1.36. The number of ketones is 1. The molecule has 1 N–H and O–H groups in total. The average molecular weight is 305 g/mol. The van der Waals surface area contributed by atoms with Gasteiger partial charge in [0.15, 0.2) is 16.6 Å². The van der Waals surface area contributed by atoms with Crippen molar-refractivity contribution in [1.29, 1.82) is 0 Å². The number of hydrogen-bond donors (Lipinski definition) is 1. The van der Waals surface area contributed by atoms with Gasteiger partial charge in [-0.1, -0.05) is 0 Å². The predicted octanol–water partition coefficient (Wildman–Crippen LogP) is 3.52. The van der Waals surface area contributed by atoms with Gasteiger partial charge in [0.2, 0.25) is 0 Å². The first-order valence-corrected chi connectivity index (χ1v) is 7.15. The van der Waals surface area contributed by atoms with Crippen LogP contribution in [0.3, 0.4) is 0 Å². The topological polar surface area (TPSA) is 58.9 Å². The van der Waals surface area contributed by atoms with Gasteiger partial charge in [-0.3, -0.25) is 9.79 Å². The zero-order chi connectivity index (χ0) is 15.1. The molecule has 0 radical (unpaired) electrons. The minimum absolute atomic E-state index is 0.0258. The third-order valence-electron chi connectivity index (χ3n) is 3.32. The molecule has 0 bridgehead atoms. The van der Waals surface area contributed by atoms with Gasteiger partial charge in [0, 0.05) is 34.7 Å². The molecule has 6 heteroatoms. The molecule has 4 nitrogen and oxygen atoms in total. The second-order valence-electron chi connectivity index (χ2n) is 4.75. The molecule has 0 atom stereocenters. The molecule has 1 aliphatic heterocycles. The smallest absolute Gasteiger partial charge is 0.198 e. The van der Waals surface area contributed by atoms with Gasteiger partial charge in [0.1, 0.15) is 5.83 Å². The van der Waals surface area contributed by atoms with Crippen LogP contribution in [0.5, 0.6) is 5.06 Å². The van der Waals surface area contributed by atoms with Crippen molar-refractivity contribution >= 4 is 22.8 Å². The first-order valence-electron chi connectivity index (χ1n) is 6.27. The van der Waals surface area contributed by atoms with Crippen LogP contribution >= 0.6 is 11.3 Å². The van der Waals surface area contributed by atoms with Gasteiger partial charge >= 0.3 is 0 Å². The third-order valence-corrected chi connectivity index (χ3v) is 4.05. The van der Waals surface area contributed by atoms with Crippen molar-refractivity contribution in [3.05, 3.63) is 51.5 Å². The highest BCUT2D eigenvalue weighted by Crippen LogP contribution is 2.37.